The molecule has 3 rings (SSSR count). The minimum atomic E-state index is -3.81. The molecule has 128 valence electrons. The number of imidazole rings is 1. The Hall–Kier alpha value is -2.35. The van der Waals surface area contributed by atoms with Gasteiger partial charge in [-0.3, -0.25) is 4.68 Å². The lowest BCUT2D eigenvalue weighted by molar-refractivity contribution is 0.584. The molecular formula is C16H21N5O2S. The molecule has 8 heteroatoms. The Morgan fingerprint density at radius 2 is 1.79 bits per heavy atom. The van der Waals surface area contributed by atoms with Crippen molar-refractivity contribution in [1.29, 1.82) is 0 Å². The fourth-order valence-corrected chi connectivity index (χ4v) is 3.81. The highest BCUT2D eigenvalue weighted by atomic mass is 32.2. The number of aromatic nitrogens is 4. The van der Waals surface area contributed by atoms with Crippen LogP contribution < -0.4 is 5.62 Å². The fourth-order valence-electron chi connectivity index (χ4n) is 2.83. The summed E-state index contributed by atoms with van der Waals surface area (Å²) in [5, 5.41) is 3.93. The van der Waals surface area contributed by atoms with Gasteiger partial charge in [0.1, 0.15) is 4.90 Å². The summed E-state index contributed by atoms with van der Waals surface area (Å²) in [6.07, 6.45) is 3.67. The van der Waals surface area contributed by atoms with Crippen molar-refractivity contribution in [3.63, 3.8) is 0 Å². The lowest BCUT2D eigenvalue weighted by Gasteiger charge is -2.03. The molecule has 0 fully saturated rings. The van der Waals surface area contributed by atoms with Crippen LogP contribution in [0.3, 0.4) is 0 Å². The number of hydrogen-bond donors (Lipinski definition) is 0. The molecule has 0 amide bonds. The Kier molecular flexibility index (Phi) is 4.31. The number of nitrogens with zero attached hydrogens (tertiary/aromatic N) is 5. The number of rotatable bonds is 5. The van der Waals surface area contributed by atoms with Gasteiger partial charge >= 0.3 is 0 Å². The average molecular weight is 347 g/mol. The molecule has 0 atom stereocenters. The van der Waals surface area contributed by atoms with Gasteiger partial charge in [-0.05, 0) is 25.5 Å². The standard InChI is InChI=1S/C16H21N5O2S/c1-4-10-21-15-9-7-6-8-14(15)20(5-2)16(21)18-24(22,23)13-11-17-19(3)12-13/h6-9,11-12H,4-5,10H2,1-3H3/b18-16-. The van der Waals surface area contributed by atoms with E-state index in [1.165, 1.54) is 17.1 Å². The van der Waals surface area contributed by atoms with Crippen molar-refractivity contribution in [1.82, 2.24) is 18.9 Å². The number of sulfonamides is 1. The van der Waals surface area contributed by atoms with Gasteiger partial charge < -0.3 is 9.13 Å². The van der Waals surface area contributed by atoms with E-state index in [1.807, 2.05) is 40.3 Å². The number of aryl methyl sites for hydroxylation is 3. The van der Waals surface area contributed by atoms with Crippen LogP contribution in [0, 0.1) is 0 Å². The van der Waals surface area contributed by atoms with E-state index in [0.717, 1.165) is 17.5 Å². The Balaban J connectivity index is 2.34. The zero-order chi connectivity index (χ0) is 17.3. The van der Waals surface area contributed by atoms with Gasteiger partial charge in [-0.2, -0.15) is 13.5 Å². The van der Waals surface area contributed by atoms with Crippen LogP contribution in [-0.4, -0.2) is 27.3 Å². The first kappa shape index (κ1) is 16.5. The quantitative estimate of drug-likeness (QED) is 0.707. The number of hydrogen-bond acceptors (Lipinski definition) is 3. The highest BCUT2D eigenvalue weighted by Gasteiger charge is 2.18. The summed E-state index contributed by atoms with van der Waals surface area (Å²) in [5.74, 6) is 0. The van der Waals surface area contributed by atoms with Gasteiger partial charge in [0.15, 0.2) is 0 Å². The van der Waals surface area contributed by atoms with Gasteiger partial charge in [-0.1, -0.05) is 19.1 Å². The maximum atomic E-state index is 12.7. The molecule has 0 saturated heterocycles. The third-order valence-corrected chi connectivity index (χ3v) is 5.10. The second-order valence-corrected chi connectivity index (χ2v) is 7.20. The van der Waals surface area contributed by atoms with Crippen molar-refractivity contribution in [3.05, 3.63) is 42.3 Å². The summed E-state index contributed by atoms with van der Waals surface area (Å²) in [4.78, 5) is 0.0981. The number of para-hydroxylation sites is 2. The Bertz CT molecular complexity index is 1040. The van der Waals surface area contributed by atoms with Crippen molar-refractivity contribution in [2.24, 2.45) is 11.4 Å². The smallest absolute Gasteiger partial charge is 0.288 e. The van der Waals surface area contributed by atoms with Crippen molar-refractivity contribution >= 4 is 21.1 Å². The van der Waals surface area contributed by atoms with Crippen LogP contribution in [0.4, 0.5) is 0 Å². The van der Waals surface area contributed by atoms with E-state index in [-0.39, 0.29) is 4.90 Å². The van der Waals surface area contributed by atoms with E-state index in [1.54, 1.807) is 7.05 Å². The lowest BCUT2D eigenvalue weighted by atomic mass is 10.3. The third kappa shape index (κ3) is 2.77. The molecule has 0 aliphatic heterocycles. The summed E-state index contributed by atoms with van der Waals surface area (Å²) >= 11 is 0. The van der Waals surface area contributed by atoms with E-state index in [2.05, 4.69) is 16.4 Å². The predicted octanol–water partition coefficient (Wildman–Crippen LogP) is 1.90. The predicted molar refractivity (Wildman–Crippen MR) is 91.8 cm³/mol. The molecule has 0 spiro atoms. The summed E-state index contributed by atoms with van der Waals surface area (Å²) in [6, 6.07) is 7.88. The van der Waals surface area contributed by atoms with E-state index in [4.69, 9.17) is 0 Å². The maximum Gasteiger partial charge on any atom is 0.288 e. The summed E-state index contributed by atoms with van der Waals surface area (Å²) in [5.41, 5.74) is 2.42. The van der Waals surface area contributed by atoms with Gasteiger partial charge in [-0.15, -0.1) is 4.40 Å². The Morgan fingerprint density at radius 1 is 1.12 bits per heavy atom. The molecule has 0 bridgehead atoms. The Labute approximate surface area is 140 Å². The molecule has 24 heavy (non-hydrogen) atoms. The van der Waals surface area contributed by atoms with E-state index in [0.29, 0.717) is 18.7 Å². The monoisotopic (exact) mass is 347 g/mol. The van der Waals surface area contributed by atoms with E-state index >= 15 is 0 Å². The molecule has 0 radical (unpaired) electrons. The molecule has 0 unspecified atom stereocenters. The van der Waals surface area contributed by atoms with Gasteiger partial charge in [0.05, 0.1) is 17.2 Å². The SMILES string of the molecule is CCCn1/c(=N\S(=O)(=O)c2cnn(C)c2)n(CC)c2ccccc21. The highest BCUT2D eigenvalue weighted by molar-refractivity contribution is 7.90. The third-order valence-electron chi connectivity index (χ3n) is 3.89. The van der Waals surface area contributed by atoms with Crippen LogP contribution in [0.2, 0.25) is 0 Å². The van der Waals surface area contributed by atoms with Crippen molar-refractivity contribution in [3.8, 4) is 0 Å². The minimum Gasteiger partial charge on any atom is -0.310 e. The molecule has 0 saturated carbocycles. The van der Waals surface area contributed by atoms with Crippen molar-refractivity contribution in [2.45, 2.75) is 38.3 Å². The molecular weight excluding hydrogens is 326 g/mol. The first-order chi connectivity index (χ1) is 11.5. The van der Waals surface area contributed by atoms with Crippen LogP contribution in [0.5, 0.6) is 0 Å². The Morgan fingerprint density at radius 3 is 2.33 bits per heavy atom. The van der Waals surface area contributed by atoms with Gasteiger partial charge in [0.2, 0.25) is 5.62 Å². The zero-order valence-electron chi connectivity index (χ0n) is 14.0. The van der Waals surface area contributed by atoms with Crippen LogP contribution in [-0.2, 0) is 30.2 Å². The molecule has 2 heterocycles. The molecule has 0 aliphatic rings. The van der Waals surface area contributed by atoms with Crippen LogP contribution in [0.1, 0.15) is 20.3 Å². The molecule has 0 aliphatic carbocycles. The first-order valence-corrected chi connectivity index (χ1v) is 9.39. The van der Waals surface area contributed by atoms with Crippen molar-refractivity contribution in [2.75, 3.05) is 0 Å². The van der Waals surface area contributed by atoms with E-state index in [9.17, 15) is 8.42 Å². The largest absolute Gasteiger partial charge is 0.310 e. The average Bonchev–Trinajstić information content (AvgIpc) is 3.11. The zero-order valence-corrected chi connectivity index (χ0v) is 14.9. The second-order valence-electron chi connectivity index (χ2n) is 5.60. The highest BCUT2D eigenvalue weighted by Crippen LogP contribution is 2.15. The molecule has 1 aromatic carbocycles. The molecule has 0 N–H and O–H groups in total. The second kappa shape index (κ2) is 6.27. The number of fused-ring (bicyclic) bond motifs is 1. The maximum absolute atomic E-state index is 12.7. The normalized spacial score (nSPS) is 13.0. The minimum absolute atomic E-state index is 0.0981. The summed E-state index contributed by atoms with van der Waals surface area (Å²) in [6.45, 7) is 5.39. The van der Waals surface area contributed by atoms with Crippen molar-refractivity contribution < 1.29 is 8.42 Å². The summed E-state index contributed by atoms with van der Waals surface area (Å²) in [7, 11) is -2.13. The van der Waals surface area contributed by atoms with Gasteiger partial charge in [-0.25, -0.2) is 0 Å². The van der Waals surface area contributed by atoms with E-state index < -0.39 is 10.0 Å². The molecule has 2 aromatic heterocycles. The van der Waals surface area contributed by atoms with Gasteiger partial charge in [0.25, 0.3) is 10.0 Å². The fraction of sp³-hybridized carbons (Fsp3) is 0.375. The molecule has 7 nitrogen and oxygen atoms in total. The van der Waals surface area contributed by atoms with Gasteiger partial charge in [0, 0.05) is 26.3 Å². The topological polar surface area (TPSA) is 74.2 Å². The van der Waals surface area contributed by atoms with Crippen LogP contribution in [0.15, 0.2) is 46.0 Å². The number of benzene rings is 1. The lowest BCUT2D eigenvalue weighted by Crippen LogP contribution is -2.27. The summed E-state index contributed by atoms with van der Waals surface area (Å²) < 4.78 is 34.8. The first-order valence-electron chi connectivity index (χ1n) is 7.95. The van der Waals surface area contributed by atoms with Crippen LogP contribution in [0.25, 0.3) is 11.0 Å². The molecule has 3 aromatic rings. The van der Waals surface area contributed by atoms with Crippen LogP contribution >= 0.6 is 0 Å².